The number of halogens is 4. The largest absolute Gasteiger partial charge is 0.480 e. The molecule has 2 amide bonds. The van der Waals surface area contributed by atoms with E-state index < -0.39 is 30.0 Å². The highest BCUT2D eigenvalue weighted by molar-refractivity contribution is 6.33. The highest BCUT2D eigenvalue weighted by Gasteiger charge is 2.51. The molecule has 18 heteroatoms. The number of fused-ring (bicyclic) bond motifs is 4. The number of piperidine rings is 3. The van der Waals surface area contributed by atoms with Crippen LogP contribution in [0, 0.1) is 17.7 Å². The maximum absolute atomic E-state index is 15.8. The molecule has 7 heterocycles. The number of ether oxygens (including phenoxy) is 1. The number of amides is 2. The fraction of sp³-hybridized carbons (Fsp3) is 0.500. The van der Waals surface area contributed by atoms with Crippen LogP contribution in [-0.2, 0) is 23.7 Å². The second-order valence-electron chi connectivity index (χ2n) is 17.7. The summed E-state index contributed by atoms with van der Waals surface area (Å²) in [5, 5.41) is 14.8. The maximum Gasteiger partial charge on any atom is 0.301 e. The molecule has 5 aromatic rings. The first kappa shape index (κ1) is 40.6. The molecule has 0 spiro atoms. The van der Waals surface area contributed by atoms with E-state index in [0.29, 0.717) is 75.2 Å². The van der Waals surface area contributed by atoms with Crippen LogP contribution in [0.3, 0.4) is 0 Å². The average Bonchev–Trinajstić information content (AvgIpc) is 4.06. The topological polar surface area (TPSA) is 152 Å². The van der Waals surface area contributed by atoms with Gasteiger partial charge >= 0.3 is 5.92 Å². The molecule has 326 valence electrons. The fourth-order valence-corrected chi connectivity index (χ4v) is 10.1. The van der Waals surface area contributed by atoms with Gasteiger partial charge in [0, 0.05) is 56.6 Å². The summed E-state index contributed by atoms with van der Waals surface area (Å²) in [6, 6.07) is 7.63. The van der Waals surface area contributed by atoms with Gasteiger partial charge in [-0.1, -0.05) is 11.6 Å². The highest BCUT2D eigenvalue weighted by atomic mass is 35.5. The molecule has 1 saturated carbocycles. The third-order valence-corrected chi connectivity index (χ3v) is 13.9. The molecule has 3 aromatic heterocycles. The lowest BCUT2D eigenvalue weighted by molar-refractivity contribution is -0.134. The molecule has 0 bridgehead atoms. The second kappa shape index (κ2) is 15.7. The first-order valence-corrected chi connectivity index (χ1v) is 21.9. The molecule has 3 N–H and O–H groups in total. The summed E-state index contributed by atoms with van der Waals surface area (Å²) >= 11 is 6.62. The Morgan fingerprint density at radius 2 is 1.73 bits per heavy atom. The Kier molecular flexibility index (Phi) is 10.3. The van der Waals surface area contributed by atoms with E-state index in [2.05, 4.69) is 35.8 Å². The number of imide groups is 1. The van der Waals surface area contributed by atoms with Gasteiger partial charge in [0.2, 0.25) is 23.5 Å². The zero-order valence-electron chi connectivity index (χ0n) is 34.5. The third kappa shape index (κ3) is 7.50. The Labute approximate surface area is 360 Å². The van der Waals surface area contributed by atoms with Gasteiger partial charge in [-0.2, -0.15) is 10.1 Å². The van der Waals surface area contributed by atoms with Crippen LogP contribution >= 0.6 is 11.6 Å². The van der Waals surface area contributed by atoms with E-state index in [-0.39, 0.29) is 47.3 Å². The van der Waals surface area contributed by atoms with E-state index in [1.54, 1.807) is 43.2 Å². The van der Waals surface area contributed by atoms with Crippen LogP contribution in [0.1, 0.15) is 74.5 Å². The summed E-state index contributed by atoms with van der Waals surface area (Å²) in [6.07, 6.45) is 7.15. The number of aromatic nitrogens is 5. The minimum absolute atomic E-state index is 0.0768. The number of carbonyl (C=O) groups excluding carboxylic acids is 2. The molecule has 3 saturated heterocycles. The number of nitrogens with zero attached hydrogens (tertiary/aromatic N) is 7. The molecule has 2 atom stereocenters. The standard InChI is InChI=1S/C44H48ClF3N10O4/c1-55-33-7-5-26(17-29(33)37-38(42(55)61)62-22-44(47,48)39(52-37)25-3-4-25)50-40-31(45)20-49-43(53-40)58-15-9-23(10-16-58)21-57-13-11-24(12-14-57)28-19-34-30(18-32(28)46)36(54-56(34)2)27-6-8-35(59)51-41(27)60/h5,7,17-20,23-25,27,39,52H,3-4,6,8-16,21-22H2,1-2H3,(H,49,50,53)(H,51,59,60). The lowest BCUT2D eigenvalue weighted by Gasteiger charge is -2.38. The number of rotatable bonds is 8. The molecule has 4 aliphatic heterocycles. The van der Waals surface area contributed by atoms with Gasteiger partial charge < -0.3 is 29.7 Å². The number of anilines is 4. The zero-order valence-corrected chi connectivity index (χ0v) is 35.3. The van der Waals surface area contributed by atoms with E-state index in [9.17, 15) is 14.4 Å². The summed E-state index contributed by atoms with van der Waals surface area (Å²) in [4.78, 5) is 51.5. The van der Waals surface area contributed by atoms with E-state index in [1.165, 1.54) is 10.6 Å². The molecule has 62 heavy (non-hydrogen) atoms. The number of hydrogen-bond donors (Lipinski definition) is 3. The molecule has 2 unspecified atom stereocenters. The van der Waals surface area contributed by atoms with Crippen molar-refractivity contribution in [3.8, 4) is 5.75 Å². The van der Waals surface area contributed by atoms with Crippen LogP contribution in [0.4, 0.5) is 36.3 Å². The lowest BCUT2D eigenvalue weighted by atomic mass is 9.86. The number of hydrogen-bond acceptors (Lipinski definition) is 11. The van der Waals surface area contributed by atoms with Gasteiger partial charge in [0.15, 0.2) is 12.4 Å². The molecule has 4 fully saturated rings. The fourth-order valence-electron chi connectivity index (χ4n) is 9.97. The van der Waals surface area contributed by atoms with Gasteiger partial charge in [0.05, 0.1) is 40.6 Å². The zero-order chi connectivity index (χ0) is 43.0. The summed E-state index contributed by atoms with van der Waals surface area (Å²) in [7, 11) is 3.40. The molecular formula is C44H48ClF3N10O4. The number of aryl methyl sites for hydroxylation is 2. The molecule has 10 rings (SSSR count). The van der Waals surface area contributed by atoms with Crippen molar-refractivity contribution in [1.82, 2.24) is 34.5 Å². The van der Waals surface area contributed by atoms with Crippen molar-refractivity contribution in [1.29, 1.82) is 0 Å². The van der Waals surface area contributed by atoms with E-state index >= 15 is 13.2 Å². The smallest absolute Gasteiger partial charge is 0.301 e. The Morgan fingerprint density at radius 3 is 2.47 bits per heavy atom. The van der Waals surface area contributed by atoms with Gasteiger partial charge in [-0.3, -0.25) is 24.4 Å². The van der Waals surface area contributed by atoms with E-state index in [4.69, 9.17) is 21.3 Å². The average molecular weight is 873 g/mol. The van der Waals surface area contributed by atoms with Crippen LogP contribution in [-0.4, -0.2) is 92.3 Å². The summed E-state index contributed by atoms with van der Waals surface area (Å²) in [5.74, 6) is -3.48. The van der Waals surface area contributed by atoms with Gasteiger partial charge in [-0.15, -0.1) is 0 Å². The van der Waals surface area contributed by atoms with Crippen LogP contribution < -0.4 is 31.1 Å². The summed E-state index contributed by atoms with van der Waals surface area (Å²) in [5.41, 5.74) is 2.93. The Balaban J connectivity index is 0.770. The van der Waals surface area contributed by atoms with Crippen LogP contribution in [0.15, 0.2) is 41.3 Å². The van der Waals surface area contributed by atoms with Gasteiger partial charge in [0.1, 0.15) is 10.8 Å². The second-order valence-corrected chi connectivity index (χ2v) is 18.1. The van der Waals surface area contributed by atoms with Crippen LogP contribution in [0.25, 0.3) is 21.8 Å². The van der Waals surface area contributed by atoms with Crippen LogP contribution in [0.2, 0.25) is 5.02 Å². The van der Waals surface area contributed by atoms with E-state index in [0.717, 1.165) is 63.9 Å². The maximum atomic E-state index is 15.8. The molecule has 2 aromatic carbocycles. The first-order chi connectivity index (χ1) is 29.8. The first-order valence-electron chi connectivity index (χ1n) is 21.5. The minimum Gasteiger partial charge on any atom is -0.480 e. The predicted octanol–water partition coefficient (Wildman–Crippen LogP) is 6.59. The Hall–Kier alpha value is -5.42. The van der Waals surface area contributed by atoms with Gasteiger partial charge in [0.25, 0.3) is 5.56 Å². The number of carbonyl (C=O) groups is 2. The van der Waals surface area contributed by atoms with Crippen molar-refractivity contribution in [2.75, 3.05) is 54.9 Å². The number of alkyl halides is 2. The summed E-state index contributed by atoms with van der Waals surface area (Å²) in [6.45, 7) is 3.38. The van der Waals surface area contributed by atoms with Crippen molar-refractivity contribution in [3.05, 3.63) is 69.0 Å². The number of nitrogens with one attached hydrogen (secondary N) is 3. The third-order valence-electron chi connectivity index (χ3n) is 13.6. The normalized spacial score (nSPS) is 22.6. The minimum atomic E-state index is -3.14. The van der Waals surface area contributed by atoms with Crippen molar-refractivity contribution in [3.63, 3.8) is 0 Å². The predicted molar refractivity (Wildman–Crippen MR) is 229 cm³/mol. The molecule has 14 nitrogen and oxygen atoms in total. The highest BCUT2D eigenvalue weighted by Crippen LogP contribution is 2.46. The number of benzene rings is 2. The molecule has 1 aliphatic carbocycles. The van der Waals surface area contributed by atoms with Crippen molar-refractivity contribution < 1.29 is 27.5 Å². The lowest BCUT2D eigenvalue weighted by Crippen LogP contribution is -2.44. The van der Waals surface area contributed by atoms with Crippen molar-refractivity contribution in [2.24, 2.45) is 25.9 Å². The van der Waals surface area contributed by atoms with Crippen LogP contribution in [0.5, 0.6) is 5.75 Å². The molecular weight excluding hydrogens is 825 g/mol. The van der Waals surface area contributed by atoms with Crippen molar-refractivity contribution in [2.45, 2.75) is 75.2 Å². The van der Waals surface area contributed by atoms with Gasteiger partial charge in [-0.05, 0) is 112 Å². The SMILES string of the molecule is Cn1nc(C2CCC(=O)NC2=O)c2cc(F)c(C3CCN(CC4CCN(c5ncc(Cl)c(Nc6ccc7c(c6)c6c(c(=O)n7C)OCC(F)(F)C(C7CC7)N6)n5)CC4)CC3)cc21. The van der Waals surface area contributed by atoms with Crippen molar-refractivity contribution >= 4 is 68.4 Å². The summed E-state index contributed by atoms with van der Waals surface area (Å²) < 4.78 is 54.7. The van der Waals surface area contributed by atoms with Gasteiger partial charge in [-0.25, -0.2) is 18.2 Å². The number of pyridine rings is 1. The quantitative estimate of drug-likeness (QED) is 0.145. The van der Waals surface area contributed by atoms with E-state index in [1.807, 2.05) is 6.07 Å². The Bertz CT molecular complexity index is 2670. The molecule has 0 radical (unpaired) electrons. The number of likely N-dealkylation sites (tertiary alicyclic amines) is 1. The molecule has 5 aliphatic rings. The monoisotopic (exact) mass is 872 g/mol. The Morgan fingerprint density at radius 1 is 0.952 bits per heavy atom.